The molecule has 0 atom stereocenters. The first-order chi connectivity index (χ1) is 9.83. The van der Waals surface area contributed by atoms with Crippen LogP contribution in [-0.2, 0) is 6.54 Å². The molecule has 3 aromatic rings. The zero-order chi connectivity index (χ0) is 13.8. The van der Waals surface area contributed by atoms with Crippen molar-refractivity contribution in [2.45, 2.75) is 6.54 Å². The van der Waals surface area contributed by atoms with Crippen LogP contribution < -0.4 is 5.32 Å². The van der Waals surface area contributed by atoms with Gasteiger partial charge in [0.1, 0.15) is 0 Å². The van der Waals surface area contributed by atoms with Crippen molar-refractivity contribution >= 4 is 28.1 Å². The third-order valence-corrected chi connectivity index (χ3v) is 3.89. The highest BCUT2D eigenvalue weighted by molar-refractivity contribution is 7.14. The van der Waals surface area contributed by atoms with Crippen molar-refractivity contribution in [1.82, 2.24) is 15.0 Å². The van der Waals surface area contributed by atoms with E-state index in [9.17, 15) is 0 Å². The Morgan fingerprint density at radius 3 is 2.85 bits per heavy atom. The van der Waals surface area contributed by atoms with Crippen LogP contribution in [0.2, 0.25) is 5.02 Å². The van der Waals surface area contributed by atoms with Gasteiger partial charge >= 0.3 is 0 Å². The van der Waals surface area contributed by atoms with Crippen molar-refractivity contribution in [1.29, 1.82) is 0 Å². The zero-order valence-electron chi connectivity index (χ0n) is 10.5. The van der Waals surface area contributed by atoms with E-state index in [-0.39, 0.29) is 0 Å². The predicted molar refractivity (Wildman–Crippen MR) is 81.9 cm³/mol. The van der Waals surface area contributed by atoms with Crippen LogP contribution in [0.25, 0.3) is 11.3 Å². The molecular weight excluding hydrogens is 292 g/mol. The molecule has 0 aliphatic rings. The lowest BCUT2D eigenvalue weighted by molar-refractivity contribution is 1.12. The standard InChI is InChI=1S/C14H11ClN4S/c15-12-8-17-5-3-10(12)7-18-14-19-13(9-20-14)11-2-1-4-16-6-11/h1-6,8-9H,7H2,(H,18,19). The van der Waals surface area contributed by atoms with Gasteiger partial charge in [0.2, 0.25) is 0 Å². The SMILES string of the molecule is Clc1cnccc1CNc1nc(-c2cccnc2)cs1. The Bertz CT molecular complexity index is 699. The monoisotopic (exact) mass is 302 g/mol. The van der Waals surface area contributed by atoms with Gasteiger partial charge in [0.15, 0.2) is 5.13 Å². The van der Waals surface area contributed by atoms with Crippen molar-refractivity contribution in [3.8, 4) is 11.3 Å². The highest BCUT2D eigenvalue weighted by Gasteiger charge is 2.05. The Hall–Kier alpha value is -1.98. The van der Waals surface area contributed by atoms with Gasteiger partial charge in [0, 0.05) is 42.3 Å². The van der Waals surface area contributed by atoms with Crippen molar-refractivity contribution < 1.29 is 0 Å². The Balaban J connectivity index is 1.71. The van der Waals surface area contributed by atoms with E-state index in [1.54, 1.807) is 36.1 Å². The molecule has 3 rings (SSSR count). The fourth-order valence-corrected chi connectivity index (χ4v) is 2.62. The predicted octanol–water partition coefficient (Wildman–Crippen LogP) is 3.87. The summed E-state index contributed by atoms with van der Waals surface area (Å²) in [6.07, 6.45) is 6.92. The molecule has 0 saturated carbocycles. The zero-order valence-corrected chi connectivity index (χ0v) is 12.0. The van der Waals surface area contributed by atoms with E-state index >= 15 is 0 Å². The van der Waals surface area contributed by atoms with Crippen molar-refractivity contribution in [2.75, 3.05) is 5.32 Å². The molecule has 20 heavy (non-hydrogen) atoms. The van der Waals surface area contributed by atoms with Gasteiger partial charge in [-0.3, -0.25) is 9.97 Å². The minimum Gasteiger partial charge on any atom is -0.357 e. The number of halogens is 1. The number of hydrogen-bond donors (Lipinski definition) is 1. The third kappa shape index (κ3) is 2.95. The highest BCUT2D eigenvalue weighted by atomic mass is 35.5. The average Bonchev–Trinajstić information content (AvgIpc) is 2.96. The third-order valence-electron chi connectivity index (χ3n) is 2.75. The van der Waals surface area contributed by atoms with Crippen LogP contribution in [-0.4, -0.2) is 15.0 Å². The summed E-state index contributed by atoms with van der Waals surface area (Å²) in [5.41, 5.74) is 2.94. The minimum absolute atomic E-state index is 0.626. The maximum atomic E-state index is 6.06. The minimum atomic E-state index is 0.626. The lowest BCUT2D eigenvalue weighted by atomic mass is 10.2. The van der Waals surface area contributed by atoms with Crippen LogP contribution in [0.5, 0.6) is 0 Å². The number of hydrogen-bond acceptors (Lipinski definition) is 5. The van der Waals surface area contributed by atoms with E-state index in [0.717, 1.165) is 22.0 Å². The van der Waals surface area contributed by atoms with Crippen molar-refractivity contribution in [2.24, 2.45) is 0 Å². The molecule has 6 heteroatoms. The molecule has 3 heterocycles. The number of nitrogens with one attached hydrogen (secondary N) is 1. The molecule has 3 aromatic heterocycles. The van der Waals surface area contributed by atoms with Gasteiger partial charge in [-0.25, -0.2) is 4.98 Å². The first kappa shape index (κ1) is 13.0. The van der Waals surface area contributed by atoms with E-state index in [4.69, 9.17) is 11.6 Å². The Labute approximate surface area is 125 Å². The van der Waals surface area contributed by atoms with Crippen LogP contribution in [0.4, 0.5) is 5.13 Å². The Morgan fingerprint density at radius 2 is 2.05 bits per heavy atom. The molecule has 0 unspecified atom stereocenters. The van der Waals surface area contributed by atoms with Gasteiger partial charge in [0.25, 0.3) is 0 Å². The van der Waals surface area contributed by atoms with Crippen LogP contribution in [0.15, 0.2) is 48.4 Å². The van der Waals surface area contributed by atoms with Gasteiger partial charge in [-0.05, 0) is 23.8 Å². The average molecular weight is 303 g/mol. The lowest BCUT2D eigenvalue weighted by Gasteiger charge is -2.04. The van der Waals surface area contributed by atoms with E-state index in [1.165, 1.54) is 0 Å². The number of anilines is 1. The van der Waals surface area contributed by atoms with E-state index in [0.29, 0.717) is 11.6 Å². The van der Waals surface area contributed by atoms with Crippen LogP contribution >= 0.6 is 22.9 Å². The summed E-state index contributed by atoms with van der Waals surface area (Å²) in [6.45, 7) is 0.626. The van der Waals surface area contributed by atoms with Crippen LogP contribution in [0.1, 0.15) is 5.56 Å². The van der Waals surface area contributed by atoms with E-state index in [2.05, 4.69) is 20.3 Å². The second-order valence-electron chi connectivity index (χ2n) is 4.10. The summed E-state index contributed by atoms with van der Waals surface area (Å²) in [5.74, 6) is 0. The number of rotatable bonds is 4. The summed E-state index contributed by atoms with van der Waals surface area (Å²) in [5, 5.41) is 6.79. The summed E-state index contributed by atoms with van der Waals surface area (Å²) in [7, 11) is 0. The van der Waals surface area contributed by atoms with Crippen molar-refractivity contribution in [3.63, 3.8) is 0 Å². The summed E-state index contributed by atoms with van der Waals surface area (Å²) < 4.78 is 0. The molecule has 0 fully saturated rings. The summed E-state index contributed by atoms with van der Waals surface area (Å²) in [6, 6.07) is 5.79. The van der Waals surface area contributed by atoms with Gasteiger partial charge in [-0.2, -0.15) is 0 Å². The molecule has 0 aromatic carbocycles. The van der Waals surface area contributed by atoms with E-state index in [1.807, 2.05) is 23.6 Å². The fraction of sp³-hybridized carbons (Fsp3) is 0.0714. The van der Waals surface area contributed by atoms with Gasteiger partial charge < -0.3 is 5.32 Å². The summed E-state index contributed by atoms with van der Waals surface area (Å²) in [4.78, 5) is 12.6. The highest BCUT2D eigenvalue weighted by Crippen LogP contribution is 2.25. The second-order valence-corrected chi connectivity index (χ2v) is 5.37. The maximum absolute atomic E-state index is 6.06. The molecule has 100 valence electrons. The molecule has 4 nitrogen and oxygen atoms in total. The number of aromatic nitrogens is 3. The van der Waals surface area contributed by atoms with Gasteiger partial charge in [0.05, 0.1) is 10.7 Å². The Morgan fingerprint density at radius 1 is 1.15 bits per heavy atom. The molecule has 0 saturated heterocycles. The first-order valence-corrected chi connectivity index (χ1v) is 7.27. The van der Waals surface area contributed by atoms with E-state index < -0.39 is 0 Å². The maximum Gasteiger partial charge on any atom is 0.183 e. The van der Waals surface area contributed by atoms with Crippen LogP contribution in [0.3, 0.4) is 0 Å². The molecular formula is C14H11ClN4S. The molecule has 0 aliphatic heterocycles. The van der Waals surface area contributed by atoms with Crippen LogP contribution in [0, 0.1) is 0 Å². The second kappa shape index (κ2) is 5.98. The number of nitrogens with zero attached hydrogens (tertiary/aromatic N) is 3. The number of pyridine rings is 2. The molecule has 0 radical (unpaired) electrons. The topological polar surface area (TPSA) is 50.7 Å². The Kier molecular flexibility index (Phi) is 3.90. The molecule has 0 amide bonds. The lowest BCUT2D eigenvalue weighted by Crippen LogP contribution is -1.99. The number of thiazole rings is 1. The largest absolute Gasteiger partial charge is 0.357 e. The normalized spacial score (nSPS) is 10.4. The molecule has 0 spiro atoms. The van der Waals surface area contributed by atoms with Gasteiger partial charge in [-0.1, -0.05) is 11.6 Å². The quantitative estimate of drug-likeness (QED) is 0.795. The van der Waals surface area contributed by atoms with Gasteiger partial charge in [-0.15, -0.1) is 11.3 Å². The molecule has 1 N–H and O–H groups in total. The smallest absolute Gasteiger partial charge is 0.183 e. The molecule has 0 aliphatic carbocycles. The molecule has 0 bridgehead atoms. The fourth-order valence-electron chi connectivity index (χ4n) is 1.72. The first-order valence-electron chi connectivity index (χ1n) is 6.01. The summed E-state index contributed by atoms with van der Waals surface area (Å²) >= 11 is 7.62. The van der Waals surface area contributed by atoms with Crippen molar-refractivity contribution in [3.05, 3.63) is 59.0 Å².